The largest absolute Gasteiger partial charge is 0.397 e. The number of carbonyl (C=O) groups excluding carboxylic acids is 1. The van der Waals surface area contributed by atoms with E-state index in [1.165, 1.54) is 41.9 Å². The Morgan fingerprint density at radius 2 is 1.93 bits per heavy atom. The molecule has 7 nitrogen and oxygen atoms in total. The number of fused-ring (bicyclic) bond motifs is 2. The molecule has 8 heteroatoms. The maximum absolute atomic E-state index is 12.8. The molecule has 28 heavy (non-hydrogen) atoms. The van der Waals surface area contributed by atoms with Crippen LogP contribution >= 0.6 is 11.3 Å². The molecule has 1 aliphatic carbocycles. The van der Waals surface area contributed by atoms with E-state index in [9.17, 15) is 14.9 Å². The van der Waals surface area contributed by atoms with Crippen LogP contribution in [-0.4, -0.2) is 15.8 Å². The lowest BCUT2D eigenvalue weighted by atomic mass is 9.96. The number of nitrogens with two attached hydrogens (primary N) is 1. The van der Waals surface area contributed by atoms with Gasteiger partial charge in [0.15, 0.2) is 0 Å². The van der Waals surface area contributed by atoms with Crippen molar-refractivity contribution in [1.82, 2.24) is 4.98 Å². The number of amides is 1. The number of carbonyl (C=O) groups is 1. The summed E-state index contributed by atoms with van der Waals surface area (Å²) < 4.78 is 0. The summed E-state index contributed by atoms with van der Waals surface area (Å²) in [5.41, 5.74) is 8.95. The lowest BCUT2D eigenvalue weighted by Crippen LogP contribution is -2.13. The zero-order chi connectivity index (χ0) is 19.7. The summed E-state index contributed by atoms with van der Waals surface area (Å²) in [5.74, 6) is -0.456. The van der Waals surface area contributed by atoms with Gasteiger partial charge in [0.25, 0.3) is 11.6 Å². The smallest absolute Gasteiger partial charge is 0.292 e. The Kier molecular flexibility index (Phi) is 4.95. The second kappa shape index (κ2) is 7.55. The number of benzene rings is 1. The van der Waals surface area contributed by atoms with Gasteiger partial charge in [-0.1, -0.05) is 25.0 Å². The van der Waals surface area contributed by atoms with Gasteiger partial charge in [-0.05, 0) is 43.4 Å². The number of para-hydroxylation sites is 2. The highest BCUT2D eigenvalue weighted by atomic mass is 32.1. The van der Waals surface area contributed by atoms with E-state index in [0.717, 1.165) is 41.6 Å². The third kappa shape index (κ3) is 3.43. The summed E-state index contributed by atoms with van der Waals surface area (Å²) in [6.07, 6.45) is 6.62. The highest BCUT2D eigenvalue weighted by Gasteiger charge is 2.22. The molecule has 2 aromatic heterocycles. The topological polar surface area (TPSA) is 111 Å². The summed E-state index contributed by atoms with van der Waals surface area (Å²) in [7, 11) is 0. The van der Waals surface area contributed by atoms with E-state index in [1.54, 1.807) is 12.1 Å². The quantitative estimate of drug-likeness (QED) is 0.492. The molecule has 1 aliphatic rings. The van der Waals surface area contributed by atoms with Crippen molar-refractivity contribution >= 4 is 44.5 Å². The molecule has 0 radical (unpaired) electrons. The van der Waals surface area contributed by atoms with Crippen molar-refractivity contribution in [3.05, 3.63) is 56.6 Å². The van der Waals surface area contributed by atoms with Crippen LogP contribution in [0.5, 0.6) is 0 Å². The first-order valence-electron chi connectivity index (χ1n) is 9.30. The molecule has 0 bridgehead atoms. The zero-order valence-corrected chi connectivity index (χ0v) is 16.1. The first kappa shape index (κ1) is 18.4. The molecule has 1 amide bonds. The van der Waals surface area contributed by atoms with E-state index in [0.29, 0.717) is 10.6 Å². The molecule has 0 fully saturated rings. The number of nitrogens with one attached hydrogen (secondary N) is 1. The van der Waals surface area contributed by atoms with E-state index in [2.05, 4.69) is 11.4 Å². The van der Waals surface area contributed by atoms with Crippen LogP contribution in [0.25, 0.3) is 10.2 Å². The standard InChI is InChI=1S/C20H20N4O3S/c21-17-13-11-12-7-3-1-2-4-8-14(12)23-20(13)28-18(17)19(25)22-15-9-5-6-10-16(15)24(26)27/h5-6,9-11H,1-4,7-8,21H2,(H,22,25). The van der Waals surface area contributed by atoms with Crippen molar-refractivity contribution in [2.24, 2.45) is 0 Å². The summed E-state index contributed by atoms with van der Waals surface area (Å²) in [6.45, 7) is 0. The maximum Gasteiger partial charge on any atom is 0.292 e. The van der Waals surface area contributed by atoms with Gasteiger partial charge in [0, 0.05) is 17.1 Å². The van der Waals surface area contributed by atoms with E-state index < -0.39 is 10.8 Å². The first-order valence-corrected chi connectivity index (χ1v) is 10.1. The molecule has 1 aromatic carbocycles. The van der Waals surface area contributed by atoms with Gasteiger partial charge in [-0.15, -0.1) is 11.3 Å². The minimum absolute atomic E-state index is 0.148. The first-order chi connectivity index (χ1) is 13.5. The molecule has 0 atom stereocenters. The monoisotopic (exact) mass is 396 g/mol. The Morgan fingerprint density at radius 1 is 1.18 bits per heavy atom. The summed E-state index contributed by atoms with van der Waals surface area (Å²) in [4.78, 5) is 29.3. The van der Waals surface area contributed by atoms with E-state index in [1.807, 2.05) is 0 Å². The van der Waals surface area contributed by atoms with Crippen LogP contribution in [0, 0.1) is 10.1 Å². The molecule has 4 rings (SSSR count). The van der Waals surface area contributed by atoms with Gasteiger partial charge in [-0.25, -0.2) is 4.98 Å². The SMILES string of the molecule is Nc1c(C(=O)Nc2ccccc2[N+](=O)[O-])sc2nc3c(cc12)CCCCCC3. The van der Waals surface area contributed by atoms with Gasteiger partial charge < -0.3 is 11.1 Å². The number of rotatable bonds is 3. The summed E-state index contributed by atoms with van der Waals surface area (Å²) in [5, 5.41) is 14.6. The van der Waals surface area contributed by atoms with E-state index in [-0.39, 0.29) is 11.4 Å². The molecule has 0 unspecified atom stereocenters. The van der Waals surface area contributed by atoms with Gasteiger partial charge in [-0.2, -0.15) is 0 Å². The fourth-order valence-electron chi connectivity index (χ4n) is 3.60. The molecule has 0 saturated carbocycles. The molecule has 0 aliphatic heterocycles. The highest BCUT2D eigenvalue weighted by Crippen LogP contribution is 2.36. The van der Waals surface area contributed by atoms with Crippen molar-refractivity contribution in [3.8, 4) is 0 Å². The van der Waals surface area contributed by atoms with E-state index >= 15 is 0 Å². The molecule has 3 N–H and O–H groups in total. The van der Waals surface area contributed by atoms with Crippen molar-refractivity contribution in [2.75, 3.05) is 11.1 Å². The molecule has 0 saturated heterocycles. The zero-order valence-electron chi connectivity index (χ0n) is 15.2. The fraction of sp³-hybridized carbons (Fsp3) is 0.300. The summed E-state index contributed by atoms with van der Waals surface area (Å²) >= 11 is 1.23. The van der Waals surface area contributed by atoms with Crippen molar-refractivity contribution in [1.29, 1.82) is 0 Å². The predicted octanol–water partition coefficient (Wildman–Crippen LogP) is 4.70. The van der Waals surface area contributed by atoms with Crippen molar-refractivity contribution in [2.45, 2.75) is 38.5 Å². The number of nitro benzene ring substituents is 1. The minimum atomic E-state index is -0.522. The number of hydrogen-bond acceptors (Lipinski definition) is 6. The van der Waals surface area contributed by atoms with Crippen LogP contribution in [0.1, 0.15) is 46.6 Å². The Hall–Kier alpha value is -3.00. The van der Waals surface area contributed by atoms with Crippen LogP contribution in [0.15, 0.2) is 30.3 Å². The van der Waals surface area contributed by atoms with Crippen LogP contribution < -0.4 is 11.1 Å². The Balaban J connectivity index is 1.70. The third-order valence-corrected chi connectivity index (χ3v) is 6.17. The number of nitrogen functional groups attached to an aromatic ring is 1. The van der Waals surface area contributed by atoms with Crippen LogP contribution in [0.3, 0.4) is 0 Å². The molecular formula is C20H20N4O3S. The molecule has 3 aromatic rings. The number of pyridine rings is 1. The van der Waals surface area contributed by atoms with Gasteiger partial charge in [0.05, 0.1) is 10.6 Å². The third-order valence-electron chi connectivity index (χ3n) is 5.05. The van der Waals surface area contributed by atoms with Gasteiger partial charge in [-0.3, -0.25) is 14.9 Å². The Labute approximate surface area is 165 Å². The van der Waals surface area contributed by atoms with Gasteiger partial charge in [0.1, 0.15) is 15.4 Å². The maximum atomic E-state index is 12.8. The predicted molar refractivity (Wildman–Crippen MR) is 111 cm³/mol. The van der Waals surface area contributed by atoms with Crippen LogP contribution in [-0.2, 0) is 12.8 Å². The molecule has 144 valence electrons. The van der Waals surface area contributed by atoms with Gasteiger partial charge in [0.2, 0.25) is 0 Å². The highest BCUT2D eigenvalue weighted by molar-refractivity contribution is 7.21. The number of nitrogens with zero attached hydrogens (tertiary/aromatic N) is 2. The Bertz CT molecular complexity index is 1080. The average molecular weight is 396 g/mol. The lowest BCUT2D eigenvalue weighted by molar-refractivity contribution is -0.383. The van der Waals surface area contributed by atoms with Crippen molar-refractivity contribution in [3.63, 3.8) is 0 Å². The number of hydrogen-bond donors (Lipinski definition) is 2. The van der Waals surface area contributed by atoms with Crippen LogP contribution in [0.4, 0.5) is 17.1 Å². The van der Waals surface area contributed by atoms with Crippen LogP contribution in [0.2, 0.25) is 0 Å². The minimum Gasteiger partial charge on any atom is -0.397 e. The number of aromatic nitrogens is 1. The van der Waals surface area contributed by atoms with E-state index in [4.69, 9.17) is 10.7 Å². The molecule has 0 spiro atoms. The number of nitro groups is 1. The second-order valence-electron chi connectivity index (χ2n) is 6.93. The lowest BCUT2D eigenvalue weighted by Gasteiger charge is -2.12. The van der Waals surface area contributed by atoms with Crippen molar-refractivity contribution < 1.29 is 9.72 Å². The fourth-order valence-corrected chi connectivity index (χ4v) is 4.59. The molecule has 2 heterocycles. The average Bonchev–Trinajstić information content (AvgIpc) is 2.98. The number of aryl methyl sites for hydroxylation is 2. The molecular weight excluding hydrogens is 376 g/mol. The second-order valence-corrected chi connectivity index (χ2v) is 7.93. The summed E-state index contributed by atoms with van der Waals surface area (Å²) in [6, 6.07) is 8.12. The normalized spacial score (nSPS) is 14.1. The number of anilines is 2. The number of thiophene rings is 1. The van der Waals surface area contributed by atoms with Gasteiger partial charge >= 0.3 is 0 Å². The Morgan fingerprint density at radius 3 is 2.71 bits per heavy atom.